The molecule has 0 fully saturated rings. The second-order valence-corrected chi connectivity index (χ2v) is 5.80. The summed E-state index contributed by atoms with van der Waals surface area (Å²) in [6, 6.07) is 9.23. The van der Waals surface area contributed by atoms with Gasteiger partial charge < -0.3 is 15.3 Å². The van der Waals surface area contributed by atoms with E-state index in [9.17, 15) is 9.59 Å². The van der Waals surface area contributed by atoms with Gasteiger partial charge >= 0.3 is 0 Å². The number of unbranched alkanes of at least 4 members (excludes halogenated alkanes) is 1. The minimum Gasteiger partial charge on any atom is -0.394 e. The van der Waals surface area contributed by atoms with Crippen molar-refractivity contribution < 1.29 is 24.9 Å². The zero-order valence-corrected chi connectivity index (χ0v) is 37.5. The maximum Gasteiger partial charge on any atom is 0.159 e. The van der Waals surface area contributed by atoms with E-state index < -0.39 is 6.10 Å². The van der Waals surface area contributed by atoms with Gasteiger partial charge in [-0.1, -0.05) is 57.0 Å². The van der Waals surface area contributed by atoms with E-state index in [0.29, 0.717) is 11.7 Å². The van der Waals surface area contributed by atoms with Crippen LogP contribution in [-0.4, -0.2) is 46.2 Å². The number of hydrogen-bond donors (Lipinski definition) is 3. The third-order valence-corrected chi connectivity index (χ3v) is 3.58. The quantitative estimate of drug-likeness (QED) is 0.349. The van der Waals surface area contributed by atoms with Crippen LogP contribution in [0, 0.1) is 5.92 Å². The first-order valence-electron chi connectivity index (χ1n) is 8.80. The molecule has 3 N–H and O–H groups in total. The summed E-state index contributed by atoms with van der Waals surface area (Å²) in [7, 11) is 0. The number of ketones is 2. The molecular formula is C20H34O5Sg3. The fourth-order valence-corrected chi connectivity index (χ4v) is 1.88. The second-order valence-electron chi connectivity index (χ2n) is 5.80. The van der Waals surface area contributed by atoms with Gasteiger partial charge in [-0.15, -0.1) is 0 Å². The van der Waals surface area contributed by atoms with E-state index in [4.69, 9.17) is 15.3 Å². The summed E-state index contributed by atoms with van der Waals surface area (Å²) in [6.07, 6.45) is 3.53. The van der Waals surface area contributed by atoms with Gasteiger partial charge in [-0.25, -0.2) is 0 Å². The van der Waals surface area contributed by atoms with Crippen molar-refractivity contribution in [3.8, 4) is 0 Å². The average molecular weight is 1160 g/mol. The zero-order valence-electron chi connectivity index (χ0n) is 18.1. The van der Waals surface area contributed by atoms with E-state index in [1.165, 1.54) is 12.8 Å². The Bertz CT molecular complexity index is 454. The van der Waals surface area contributed by atoms with E-state index in [1.807, 2.05) is 30.3 Å². The van der Waals surface area contributed by atoms with Gasteiger partial charge in [0, 0.05) is 11.5 Å². The van der Waals surface area contributed by atoms with Gasteiger partial charge in [-0.3, -0.25) is 9.59 Å². The molecule has 1 atom stereocenters. The Balaban J connectivity index is -0.0000000921. The molecule has 0 saturated carbocycles. The third-order valence-electron chi connectivity index (χ3n) is 3.58. The molecule has 150 valence electrons. The molecule has 0 bridgehead atoms. The van der Waals surface area contributed by atoms with Gasteiger partial charge in [0.25, 0.3) is 0 Å². The second kappa shape index (κ2) is 22.4. The van der Waals surface area contributed by atoms with Crippen LogP contribution in [0.2, 0.25) is 0 Å². The molecule has 5 nitrogen and oxygen atoms in total. The summed E-state index contributed by atoms with van der Waals surface area (Å²) in [4.78, 5) is 21.5. The van der Waals surface area contributed by atoms with Crippen molar-refractivity contribution in [3.05, 3.63) is 35.9 Å². The minimum absolute atomic E-state index is 0. The van der Waals surface area contributed by atoms with E-state index in [-0.39, 0.29) is 19.0 Å². The van der Waals surface area contributed by atoms with Gasteiger partial charge in [0.1, 0.15) is 11.9 Å². The van der Waals surface area contributed by atoms with E-state index in [1.54, 1.807) is 13.8 Å². The largest absolute Gasteiger partial charge is 0.394 e. The van der Waals surface area contributed by atoms with Gasteiger partial charge in [0.2, 0.25) is 0 Å². The monoisotopic (exact) mass is 1170 g/mol. The molecule has 0 spiro atoms. The summed E-state index contributed by atoms with van der Waals surface area (Å²) in [6.45, 7) is 6.78. The summed E-state index contributed by atoms with van der Waals surface area (Å²) in [5.74, 6) is 0.812. The van der Waals surface area contributed by atoms with Crippen molar-refractivity contribution in [2.24, 2.45) is 5.92 Å². The Kier molecular flexibility index (Phi) is 27.8. The molecule has 0 aliphatic heterocycles. The number of rotatable bonds is 8. The van der Waals surface area contributed by atoms with E-state index in [2.05, 4.69) is 13.8 Å². The summed E-state index contributed by atoms with van der Waals surface area (Å²) in [5.41, 5.74) is 0.775. The van der Waals surface area contributed by atoms with Crippen molar-refractivity contribution >= 4 is 11.6 Å². The smallest absolute Gasteiger partial charge is 0.159 e. The molecule has 0 aliphatic rings. The number of aliphatic hydroxyl groups excluding tert-OH is 3. The fourth-order valence-electron chi connectivity index (χ4n) is 1.88. The predicted octanol–water partition coefficient (Wildman–Crippen LogP) is 3.01. The molecule has 1 aromatic carbocycles. The first-order chi connectivity index (χ1) is 11.8. The Morgan fingerprint density at radius 3 is 1.61 bits per heavy atom. The number of Topliss-reactive ketones (excluding diaryl/α,β-unsaturated/α-hetero) is 2. The standard InChI is InChI=1S/C9H18O.C8H8O.C3H8O3.3Sg/c1-4-6-7-9(5-2)8(3)10;1-7(9)8-5-3-2-4-6-8;4-1-3(6)2-5;;;/h9H,4-7H2,1-3H3;2-6H,1H3;3-6H,1-2H2;;;. The van der Waals surface area contributed by atoms with Crippen LogP contribution in [0.25, 0.3) is 0 Å². The third kappa shape index (κ3) is 19.5. The topological polar surface area (TPSA) is 94.8 Å². The molecule has 1 aromatic rings. The Morgan fingerprint density at radius 1 is 0.929 bits per heavy atom. The van der Waals surface area contributed by atoms with Crippen LogP contribution < -0.4 is 0 Å². The van der Waals surface area contributed by atoms with Gasteiger partial charge in [-0.05, 0) is 26.7 Å². The molecule has 0 saturated heterocycles. The minimum atomic E-state index is -0.954. The molecule has 0 amide bonds. The number of hydrogen-bond acceptors (Lipinski definition) is 5. The van der Waals surface area contributed by atoms with Crippen molar-refractivity contribution in [1.29, 1.82) is 0 Å². The molecule has 8 heteroatoms. The average Bonchev–Trinajstić information content (AvgIpc) is 2.63. The number of aliphatic hydroxyl groups is 3. The van der Waals surface area contributed by atoms with Crippen molar-refractivity contribution in [3.63, 3.8) is 0 Å². The summed E-state index contributed by atoms with van der Waals surface area (Å²) in [5, 5.41) is 24.0. The predicted molar refractivity (Wildman–Crippen MR) is 101 cm³/mol. The maximum atomic E-state index is 10.9. The van der Waals surface area contributed by atoms with E-state index >= 15 is 0 Å². The first kappa shape index (κ1) is 34.7. The van der Waals surface area contributed by atoms with Crippen molar-refractivity contribution in [1.82, 2.24) is 0 Å². The maximum absolute atomic E-state index is 10.9. The van der Waals surface area contributed by atoms with Crippen LogP contribution >= 0.6 is 0 Å². The van der Waals surface area contributed by atoms with Crippen LogP contribution in [0.5, 0.6) is 0 Å². The SMILES string of the molecule is CC(=O)c1ccccc1.CCCCC(CC)C(C)=O.OCC(O)CO.[Sg].[Sg].[Sg]. The number of carbonyl (C=O) groups is 2. The molecule has 1 rings (SSSR count). The van der Waals surface area contributed by atoms with Gasteiger partial charge in [0.15, 0.2) is 5.78 Å². The molecule has 1 unspecified atom stereocenters. The van der Waals surface area contributed by atoms with Gasteiger partial charge in [-0.2, -0.15) is 0 Å². The molecule has 0 radical (unpaired) electrons. The van der Waals surface area contributed by atoms with Crippen molar-refractivity contribution in [2.45, 2.75) is 59.5 Å². The summed E-state index contributed by atoms with van der Waals surface area (Å²) >= 11 is 0. The normalized spacial score (nSPS) is 9.71. The Morgan fingerprint density at radius 2 is 1.39 bits per heavy atom. The molecular weight excluding hydrogens is 1130 g/mol. The number of carbonyl (C=O) groups excluding carboxylic acids is 2. The molecule has 0 aromatic heterocycles. The van der Waals surface area contributed by atoms with Crippen LogP contribution in [0.4, 0.5) is 0 Å². The molecule has 0 aliphatic carbocycles. The first-order valence-corrected chi connectivity index (χ1v) is 8.80. The Labute approximate surface area is 151 Å². The fraction of sp³-hybridized carbons (Fsp3) is 0.600. The summed E-state index contributed by atoms with van der Waals surface area (Å²) < 4.78 is 0. The van der Waals surface area contributed by atoms with Crippen LogP contribution in [-0.2, 0) is 4.79 Å². The van der Waals surface area contributed by atoms with Crippen LogP contribution in [0.3, 0.4) is 0 Å². The molecule has 0 heterocycles. The number of benzene rings is 1. The Hall–Kier alpha value is -4.56. The zero-order chi connectivity index (χ0) is 19.7. The molecule has 28 heavy (non-hydrogen) atoms. The van der Waals surface area contributed by atoms with Gasteiger partial charge in [0.05, 0.1) is 13.2 Å². The van der Waals surface area contributed by atoms with Crippen LogP contribution in [0.1, 0.15) is 63.7 Å². The van der Waals surface area contributed by atoms with E-state index in [0.717, 1.165) is 18.4 Å². The van der Waals surface area contributed by atoms with Crippen molar-refractivity contribution in [2.75, 3.05) is 13.2 Å². The van der Waals surface area contributed by atoms with Crippen LogP contribution in [0.15, 0.2) is 30.3 Å².